The Balaban J connectivity index is 2.64. The van der Waals surface area contributed by atoms with Crippen molar-refractivity contribution in [1.82, 2.24) is 4.90 Å². The van der Waals surface area contributed by atoms with Gasteiger partial charge in [0.1, 0.15) is 0 Å². The minimum Gasteiger partial charge on any atom is -0.503 e. The van der Waals surface area contributed by atoms with Gasteiger partial charge in [0.25, 0.3) is 5.78 Å². The fourth-order valence-electron chi connectivity index (χ4n) is 1.57. The first-order chi connectivity index (χ1) is 6.52. The van der Waals surface area contributed by atoms with Crippen LogP contribution in [0.1, 0.15) is 0 Å². The summed E-state index contributed by atoms with van der Waals surface area (Å²) in [6.07, 6.45) is 1.09. The zero-order valence-corrected chi connectivity index (χ0v) is 7.40. The monoisotopic (exact) mass is 193 g/mol. The number of likely N-dealkylation sites (tertiary alicyclic amines) is 1. The van der Waals surface area contributed by atoms with Crippen LogP contribution in [0.15, 0.2) is 23.1 Å². The first-order valence-electron chi connectivity index (χ1n) is 4.00. The van der Waals surface area contributed by atoms with Gasteiger partial charge >= 0.3 is 0 Å². The lowest BCUT2D eigenvalue weighted by atomic mass is 9.99. The number of ketones is 3. The Labute approximate surface area is 79.3 Å². The third-order valence-corrected chi connectivity index (χ3v) is 2.27. The molecule has 0 saturated carbocycles. The van der Waals surface area contributed by atoms with Crippen LogP contribution in [0.2, 0.25) is 0 Å². The summed E-state index contributed by atoms with van der Waals surface area (Å²) in [4.78, 5) is 34.9. The van der Waals surface area contributed by atoms with Gasteiger partial charge in [-0.15, -0.1) is 0 Å². The number of Topliss-reactive ketones (excluding diaryl/α,β-unsaturated/α-hetero) is 2. The van der Waals surface area contributed by atoms with Gasteiger partial charge in [-0.3, -0.25) is 14.4 Å². The van der Waals surface area contributed by atoms with E-state index >= 15 is 0 Å². The second-order valence-electron chi connectivity index (χ2n) is 3.23. The van der Waals surface area contributed by atoms with Crippen molar-refractivity contribution in [2.24, 2.45) is 0 Å². The third-order valence-electron chi connectivity index (χ3n) is 2.27. The molecule has 5 heteroatoms. The number of hydrogen-bond acceptors (Lipinski definition) is 5. The van der Waals surface area contributed by atoms with Gasteiger partial charge in [0.05, 0.1) is 17.8 Å². The zero-order valence-electron chi connectivity index (χ0n) is 7.40. The van der Waals surface area contributed by atoms with Gasteiger partial charge in [0, 0.05) is 13.1 Å². The molecule has 1 N–H and O–H groups in total. The predicted octanol–water partition coefficient (Wildman–Crippen LogP) is -0.651. The molecule has 1 aliphatic carbocycles. The molecular weight excluding hydrogens is 186 g/mol. The van der Waals surface area contributed by atoms with Crippen LogP contribution in [-0.4, -0.2) is 40.9 Å². The summed E-state index contributed by atoms with van der Waals surface area (Å²) in [5, 5.41) is 9.33. The maximum Gasteiger partial charge on any atom is 0.268 e. The second-order valence-corrected chi connectivity index (χ2v) is 3.23. The van der Waals surface area contributed by atoms with E-state index in [0.717, 1.165) is 6.08 Å². The smallest absolute Gasteiger partial charge is 0.268 e. The van der Waals surface area contributed by atoms with Gasteiger partial charge in [-0.1, -0.05) is 0 Å². The van der Waals surface area contributed by atoms with E-state index < -0.39 is 17.3 Å². The van der Waals surface area contributed by atoms with Crippen molar-refractivity contribution in [3.63, 3.8) is 0 Å². The van der Waals surface area contributed by atoms with Gasteiger partial charge in [-0.05, 0) is 0 Å². The first-order valence-corrected chi connectivity index (χ1v) is 4.00. The molecule has 5 nitrogen and oxygen atoms in total. The third kappa shape index (κ3) is 0.921. The van der Waals surface area contributed by atoms with Crippen molar-refractivity contribution in [2.75, 3.05) is 13.6 Å². The highest BCUT2D eigenvalue weighted by Gasteiger charge is 2.38. The number of allylic oxidation sites excluding steroid dienone is 3. The molecule has 0 amide bonds. The number of carbonyl (C=O) groups is 3. The number of hydrogen-bond donors (Lipinski definition) is 1. The summed E-state index contributed by atoms with van der Waals surface area (Å²) in [5.41, 5.74) is 0.300. The van der Waals surface area contributed by atoms with E-state index in [1.807, 2.05) is 0 Å². The van der Waals surface area contributed by atoms with Crippen LogP contribution in [0.5, 0.6) is 0 Å². The van der Waals surface area contributed by atoms with Crippen LogP contribution in [0.4, 0.5) is 0 Å². The second kappa shape index (κ2) is 2.54. The minimum absolute atomic E-state index is 0.0305. The van der Waals surface area contributed by atoms with Crippen LogP contribution in [0.25, 0.3) is 0 Å². The Morgan fingerprint density at radius 2 is 2.00 bits per heavy atom. The summed E-state index contributed by atoms with van der Waals surface area (Å²) < 4.78 is 0. The Morgan fingerprint density at radius 1 is 1.36 bits per heavy atom. The molecule has 0 radical (unpaired) electrons. The maximum atomic E-state index is 11.3. The number of fused-ring (bicyclic) bond motifs is 1. The lowest BCUT2D eigenvalue weighted by molar-refractivity contribution is -0.133. The number of rotatable bonds is 0. The van der Waals surface area contributed by atoms with Crippen molar-refractivity contribution >= 4 is 17.3 Å². The molecule has 1 saturated heterocycles. The van der Waals surface area contributed by atoms with Crippen LogP contribution in [-0.2, 0) is 14.4 Å². The largest absolute Gasteiger partial charge is 0.503 e. The number of nitrogens with zero attached hydrogens (tertiary/aromatic N) is 1. The summed E-state index contributed by atoms with van der Waals surface area (Å²) in [6.45, 7) is 0.0891. The van der Waals surface area contributed by atoms with Crippen molar-refractivity contribution in [1.29, 1.82) is 0 Å². The van der Waals surface area contributed by atoms with Crippen LogP contribution in [0.3, 0.4) is 0 Å². The van der Waals surface area contributed by atoms with Gasteiger partial charge in [-0.25, -0.2) is 0 Å². The molecule has 0 aromatic carbocycles. The van der Waals surface area contributed by atoms with Gasteiger partial charge in [-0.2, -0.15) is 0 Å². The lowest BCUT2D eigenvalue weighted by Gasteiger charge is -2.14. The molecule has 14 heavy (non-hydrogen) atoms. The topological polar surface area (TPSA) is 74.7 Å². The zero-order chi connectivity index (χ0) is 10.5. The fourth-order valence-corrected chi connectivity index (χ4v) is 1.57. The molecule has 0 aromatic heterocycles. The average molecular weight is 193 g/mol. The summed E-state index contributed by atoms with van der Waals surface area (Å²) in [7, 11) is 1.62. The normalized spacial score (nSPS) is 21.6. The van der Waals surface area contributed by atoms with Crippen molar-refractivity contribution < 1.29 is 19.5 Å². The van der Waals surface area contributed by atoms with Crippen molar-refractivity contribution in [3.8, 4) is 0 Å². The van der Waals surface area contributed by atoms with Crippen LogP contribution < -0.4 is 0 Å². The standard InChI is InChI=1S/C9H7NO4/c1-10-3-6(12)7-4(10)2-5(11)8(13)9(7)14/h2,14H,3H2,1H3. The maximum absolute atomic E-state index is 11.3. The molecule has 2 aliphatic rings. The quantitative estimate of drug-likeness (QED) is 0.408. The van der Waals surface area contributed by atoms with E-state index in [-0.39, 0.29) is 17.9 Å². The van der Waals surface area contributed by atoms with E-state index in [9.17, 15) is 19.5 Å². The molecular formula is C9H7NO4. The summed E-state index contributed by atoms with van der Waals surface area (Å²) in [6, 6.07) is 0. The molecule has 0 spiro atoms. The van der Waals surface area contributed by atoms with Crippen molar-refractivity contribution in [3.05, 3.63) is 23.1 Å². The summed E-state index contributed by atoms with van der Waals surface area (Å²) >= 11 is 0. The lowest BCUT2D eigenvalue weighted by Crippen LogP contribution is -2.23. The van der Waals surface area contributed by atoms with E-state index in [2.05, 4.69) is 0 Å². The summed E-state index contributed by atoms with van der Waals surface area (Å²) in [5.74, 6) is -2.85. The molecule has 1 heterocycles. The molecule has 0 atom stereocenters. The van der Waals surface area contributed by atoms with Crippen molar-refractivity contribution in [2.45, 2.75) is 0 Å². The fraction of sp³-hybridized carbons (Fsp3) is 0.222. The Hall–Kier alpha value is -1.91. The van der Waals surface area contributed by atoms with Gasteiger partial charge in [0.15, 0.2) is 11.5 Å². The number of aliphatic hydroxyl groups excluding tert-OH is 1. The molecule has 0 bridgehead atoms. The number of carbonyl (C=O) groups excluding carboxylic acids is 3. The SMILES string of the molecule is CN1CC(=O)C2=C(O)C(=O)C(=O)C=C21. The Bertz CT molecular complexity index is 430. The van der Waals surface area contributed by atoms with E-state index in [4.69, 9.17) is 0 Å². The van der Waals surface area contributed by atoms with E-state index in [1.54, 1.807) is 7.05 Å². The highest BCUT2D eigenvalue weighted by atomic mass is 16.3. The molecule has 0 unspecified atom stereocenters. The number of aliphatic hydroxyl groups is 1. The Kier molecular flexibility index (Phi) is 1.57. The highest BCUT2D eigenvalue weighted by molar-refractivity contribution is 6.49. The van der Waals surface area contributed by atoms with E-state index in [0.29, 0.717) is 5.70 Å². The molecule has 0 aromatic rings. The van der Waals surface area contributed by atoms with Gasteiger partial charge in [0.2, 0.25) is 5.78 Å². The predicted molar refractivity (Wildman–Crippen MR) is 45.4 cm³/mol. The number of likely N-dealkylation sites (N-methyl/N-ethyl adjacent to an activating group) is 1. The molecule has 1 aliphatic heterocycles. The highest BCUT2D eigenvalue weighted by Crippen LogP contribution is 2.28. The first kappa shape index (κ1) is 8.68. The van der Waals surface area contributed by atoms with Crippen LogP contribution >= 0.6 is 0 Å². The molecule has 1 fully saturated rings. The van der Waals surface area contributed by atoms with Crippen LogP contribution in [0, 0.1) is 0 Å². The molecule has 72 valence electrons. The minimum atomic E-state index is -1.01. The van der Waals surface area contributed by atoms with Gasteiger partial charge < -0.3 is 10.0 Å². The molecule has 2 rings (SSSR count). The van der Waals surface area contributed by atoms with E-state index in [1.165, 1.54) is 4.90 Å². The average Bonchev–Trinajstić information content (AvgIpc) is 2.38. The Morgan fingerprint density at radius 3 is 2.64 bits per heavy atom.